The molecule has 0 aliphatic carbocycles. The third kappa shape index (κ3) is 2.67. The molecule has 2 aliphatic rings. The first-order valence-corrected chi connectivity index (χ1v) is 7.28. The van der Waals surface area contributed by atoms with E-state index in [2.05, 4.69) is 16.4 Å². The summed E-state index contributed by atoms with van der Waals surface area (Å²) in [4.78, 5) is 18.1. The minimum absolute atomic E-state index is 0.102. The topological polar surface area (TPSA) is 53.9 Å². The van der Waals surface area contributed by atoms with Crippen LogP contribution >= 0.6 is 0 Å². The molecule has 22 heavy (non-hydrogen) atoms. The Bertz CT molecular complexity index is 676. The number of carbonyl (C=O) groups excluding carboxylic acids is 1. The highest BCUT2D eigenvalue weighted by Crippen LogP contribution is 2.29. The van der Waals surface area contributed by atoms with Gasteiger partial charge in [0.1, 0.15) is 0 Å². The second-order valence-electron chi connectivity index (χ2n) is 5.31. The first kappa shape index (κ1) is 14.5. The SMILES string of the molecule is COC(=O)N1C=CC(C2=NCNC2)C=C1c1ccccc1C. The molecule has 2 aliphatic heterocycles. The number of nitrogens with zero attached hydrogens (tertiary/aromatic N) is 2. The van der Waals surface area contributed by atoms with Crippen molar-refractivity contribution < 1.29 is 9.53 Å². The van der Waals surface area contributed by atoms with Crippen LogP contribution < -0.4 is 5.32 Å². The molecule has 0 saturated carbocycles. The van der Waals surface area contributed by atoms with Gasteiger partial charge >= 0.3 is 6.09 Å². The standard InChI is InChI=1S/C17H19N3O2/c1-12-5-3-4-6-14(12)16-9-13(15-10-18-11-19-15)7-8-20(16)17(21)22-2/h3-9,13,18H,10-11H2,1-2H3. The highest BCUT2D eigenvalue weighted by Gasteiger charge is 2.26. The van der Waals surface area contributed by atoms with Crippen LogP contribution in [0.25, 0.3) is 5.70 Å². The lowest BCUT2D eigenvalue weighted by molar-refractivity contribution is 0.153. The predicted molar refractivity (Wildman–Crippen MR) is 86.3 cm³/mol. The molecule has 114 valence electrons. The van der Waals surface area contributed by atoms with Crippen molar-refractivity contribution >= 4 is 17.5 Å². The Morgan fingerprint density at radius 1 is 1.41 bits per heavy atom. The molecule has 1 amide bonds. The molecule has 2 heterocycles. The second-order valence-corrected chi connectivity index (χ2v) is 5.31. The average molecular weight is 297 g/mol. The molecule has 0 radical (unpaired) electrons. The minimum Gasteiger partial charge on any atom is -0.452 e. The van der Waals surface area contributed by atoms with Crippen molar-refractivity contribution in [1.29, 1.82) is 0 Å². The average Bonchev–Trinajstić information content (AvgIpc) is 3.08. The Morgan fingerprint density at radius 3 is 2.91 bits per heavy atom. The highest BCUT2D eigenvalue weighted by molar-refractivity contribution is 5.96. The van der Waals surface area contributed by atoms with E-state index in [0.717, 1.165) is 29.1 Å². The molecule has 1 atom stereocenters. The third-order valence-corrected chi connectivity index (χ3v) is 3.92. The summed E-state index contributed by atoms with van der Waals surface area (Å²) in [5.41, 5.74) is 4.07. The first-order chi connectivity index (χ1) is 10.7. The van der Waals surface area contributed by atoms with Crippen molar-refractivity contribution in [3.8, 4) is 0 Å². The van der Waals surface area contributed by atoms with E-state index in [1.807, 2.05) is 37.3 Å². The third-order valence-electron chi connectivity index (χ3n) is 3.92. The van der Waals surface area contributed by atoms with Gasteiger partial charge in [0.05, 0.1) is 19.5 Å². The van der Waals surface area contributed by atoms with Crippen LogP contribution in [0.5, 0.6) is 0 Å². The van der Waals surface area contributed by atoms with Crippen LogP contribution in [0.2, 0.25) is 0 Å². The molecule has 3 rings (SSSR count). The molecule has 0 aromatic heterocycles. The van der Waals surface area contributed by atoms with Crippen molar-refractivity contribution in [1.82, 2.24) is 10.2 Å². The van der Waals surface area contributed by atoms with E-state index in [1.165, 1.54) is 7.11 Å². The highest BCUT2D eigenvalue weighted by atomic mass is 16.5. The van der Waals surface area contributed by atoms with Gasteiger partial charge in [-0.2, -0.15) is 0 Å². The van der Waals surface area contributed by atoms with E-state index in [4.69, 9.17) is 4.74 Å². The number of amides is 1. The van der Waals surface area contributed by atoms with Gasteiger partial charge < -0.3 is 4.74 Å². The van der Waals surface area contributed by atoms with Gasteiger partial charge in [-0.25, -0.2) is 4.79 Å². The Kier molecular flexibility index (Phi) is 4.06. The van der Waals surface area contributed by atoms with Gasteiger partial charge in [-0.3, -0.25) is 15.2 Å². The number of benzene rings is 1. The number of rotatable bonds is 2. The van der Waals surface area contributed by atoms with Crippen LogP contribution in [0.4, 0.5) is 4.79 Å². The lowest BCUT2D eigenvalue weighted by Gasteiger charge is -2.27. The Morgan fingerprint density at radius 2 is 2.23 bits per heavy atom. The predicted octanol–water partition coefficient (Wildman–Crippen LogP) is 2.55. The second kappa shape index (κ2) is 6.15. The van der Waals surface area contributed by atoms with Crippen molar-refractivity contribution in [3.63, 3.8) is 0 Å². The van der Waals surface area contributed by atoms with Crippen LogP contribution in [-0.2, 0) is 4.74 Å². The largest absolute Gasteiger partial charge is 0.452 e. The van der Waals surface area contributed by atoms with E-state index in [-0.39, 0.29) is 5.92 Å². The molecule has 5 heteroatoms. The van der Waals surface area contributed by atoms with E-state index < -0.39 is 6.09 Å². The molecule has 1 unspecified atom stereocenters. The summed E-state index contributed by atoms with van der Waals surface area (Å²) in [5, 5.41) is 3.21. The smallest absolute Gasteiger partial charge is 0.418 e. The van der Waals surface area contributed by atoms with Crippen molar-refractivity contribution in [2.45, 2.75) is 6.92 Å². The zero-order valence-electron chi connectivity index (χ0n) is 12.7. The maximum Gasteiger partial charge on any atom is 0.418 e. The van der Waals surface area contributed by atoms with Crippen LogP contribution in [0.1, 0.15) is 11.1 Å². The summed E-state index contributed by atoms with van der Waals surface area (Å²) in [5.74, 6) is 0.102. The number of nitrogens with one attached hydrogen (secondary N) is 1. The quantitative estimate of drug-likeness (QED) is 0.912. The first-order valence-electron chi connectivity index (χ1n) is 7.28. The maximum atomic E-state index is 12.1. The van der Waals surface area contributed by atoms with Gasteiger partial charge in [-0.1, -0.05) is 30.3 Å². The fraction of sp³-hybridized carbons (Fsp3) is 0.294. The summed E-state index contributed by atoms with van der Waals surface area (Å²) in [6, 6.07) is 8.01. The molecule has 5 nitrogen and oxygen atoms in total. The minimum atomic E-state index is -0.393. The van der Waals surface area contributed by atoms with Gasteiger partial charge in [0, 0.05) is 29.9 Å². The Labute approximate surface area is 130 Å². The molecule has 0 bridgehead atoms. The maximum absolute atomic E-state index is 12.1. The van der Waals surface area contributed by atoms with Gasteiger partial charge in [0.25, 0.3) is 0 Å². The number of aryl methyl sites for hydroxylation is 1. The number of carbonyl (C=O) groups is 1. The summed E-state index contributed by atoms with van der Waals surface area (Å²) in [6.07, 6.45) is 5.44. The molecule has 1 aromatic rings. The van der Waals surface area contributed by atoms with E-state index in [1.54, 1.807) is 11.1 Å². The molecule has 1 N–H and O–H groups in total. The molecular formula is C17H19N3O2. The Balaban J connectivity index is 2.02. The van der Waals surface area contributed by atoms with Crippen LogP contribution in [0.3, 0.4) is 0 Å². The summed E-state index contributed by atoms with van der Waals surface area (Å²) in [6.45, 7) is 3.48. The number of hydrogen-bond donors (Lipinski definition) is 1. The number of methoxy groups -OCH3 is 1. The fourth-order valence-electron chi connectivity index (χ4n) is 2.73. The number of ether oxygens (including phenoxy) is 1. The Hall–Kier alpha value is -2.40. The number of allylic oxidation sites excluding steroid dienone is 2. The van der Waals surface area contributed by atoms with Crippen molar-refractivity contribution in [2.24, 2.45) is 10.9 Å². The van der Waals surface area contributed by atoms with E-state index >= 15 is 0 Å². The van der Waals surface area contributed by atoms with Gasteiger partial charge in [0.2, 0.25) is 0 Å². The van der Waals surface area contributed by atoms with Crippen LogP contribution in [0.15, 0.2) is 47.6 Å². The molecule has 0 fully saturated rings. The summed E-state index contributed by atoms with van der Waals surface area (Å²) >= 11 is 0. The van der Waals surface area contributed by atoms with Gasteiger partial charge in [0.15, 0.2) is 0 Å². The zero-order valence-corrected chi connectivity index (χ0v) is 12.7. The van der Waals surface area contributed by atoms with Gasteiger partial charge in [-0.05, 0) is 18.6 Å². The van der Waals surface area contributed by atoms with Crippen molar-refractivity contribution in [3.05, 3.63) is 53.7 Å². The zero-order chi connectivity index (χ0) is 15.5. The van der Waals surface area contributed by atoms with E-state index in [9.17, 15) is 4.79 Å². The fourth-order valence-corrected chi connectivity index (χ4v) is 2.73. The monoisotopic (exact) mass is 297 g/mol. The summed E-state index contributed by atoms with van der Waals surface area (Å²) in [7, 11) is 1.39. The summed E-state index contributed by atoms with van der Waals surface area (Å²) < 4.78 is 4.89. The molecule has 0 spiro atoms. The molecule has 1 aromatic carbocycles. The number of aliphatic imine (C=N–C) groups is 1. The number of hydrogen-bond acceptors (Lipinski definition) is 4. The van der Waals surface area contributed by atoms with Crippen molar-refractivity contribution in [2.75, 3.05) is 20.3 Å². The van der Waals surface area contributed by atoms with Crippen LogP contribution in [-0.4, -0.2) is 37.0 Å². The van der Waals surface area contributed by atoms with Crippen LogP contribution in [0, 0.1) is 12.8 Å². The van der Waals surface area contributed by atoms with E-state index in [0.29, 0.717) is 6.67 Å². The molecular weight excluding hydrogens is 278 g/mol. The lowest BCUT2D eigenvalue weighted by Crippen LogP contribution is -2.29. The normalized spacial score (nSPS) is 20.6. The van der Waals surface area contributed by atoms with Gasteiger partial charge in [-0.15, -0.1) is 0 Å². The lowest BCUT2D eigenvalue weighted by atomic mass is 9.95. The molecule has 0 saturated heterocycles.